The Morgan fingerprint density at radius 1 is 1.13 bits per heavy atom. The van der Waals surface area contributed by atoms with Crippen molar-refractivity contribution in [2.75, 3.05) is 7.11 Å². The fraction of sp³-hybridized carbons (Fsp3) is 0.538. The second-order valence-electron chi connectivity index (χ2n) is 4.45. The lowest BCUT2D eigenvalue weighted by Crippen LogP contribution is -2.18. The molecule has 0 bridgehead atoms. The summed E-state index contributed by atoms with van der Waals surface area (Å²) in [6, 6.07) is 4.24. The van der Waals surface area contributed by atoms with Gasteiger partial charge < -0.3 is 10.5 Å². The van der Waals surface area contributed by atoms with E-state index in [2.05, 4.69) is 39.8 Å². The Morgan fingerprint density at radius 3 is 2.13 bits per heavy atom. The molecule has 1 unspecified atom stereocenters. The van der Waals surface area contributed by atoms with Crippen molar-refractivity contribution in [3.8, 4) is 5.75 Å². The van der Waals surface area contributed by atoms with E-state index in [4.69, 9.17) is 10.5 Å². The summed E-state index contributed by atoms with van der Waals surface area (Å²) < 4.78 is 5.37. The summed E-state index contributed by atoms with van der Waals surface area (Å²) in [5.41, 5.74) is 9.77. The fourth-order valence-corrected chi connectivity index (χ4v) is 1.61. The fourth-order valence-electron chi connectivity index (χ4n) is 1.61. The Hall–Kier alpha value is -1.02. The van der Waals surface area contributed by atoms with Gasteiger partial charge in [-0.25, -0.2) is 0 Å². The van der Waals surface area contributed by atoms with Crippen LogP contribution in [0.4, 0.5) is 0 Å². The van der Waals surface area contributed by atoms with Gasteiger partial charge in [-0.3, -0.25) is 0 Å². The molecule has 2 N–H and O–H groups in total. The summed E-state index contributed by atoms with van der Waals surface area (Å²) in [5.74, 6) is 1.32. The number of benzene rings is 1. The van der Waals surface area contributed by atoms with E-state index in [1.165, 1.54) is 11.1 Å². The van der Waals surface area contributed by atoms with Crippen LogP contribution in [0.25, 0.3) is 0 Å². The zero-order chi connectivity index (χ0) is 11.6. The van der Waals surface area contributed by atoms with E-state index in [-0.39, 0.29) is 6.04 Å². The Kier molecular flexibility index (Phi) is 3.75. The van der Waals surface area contributed by atoms with Crippen molar-refractivity contribution in [2.45, 2.75) is 33.7 Å². The zero-order valence-electron chi connectivity index (χ0n) is 10.3. The first kappa shape index (κ1) is 12.1. The molecule has 1 aromatic rings. The molecule has 0 aliphatic heterocycles. The predicted octanol–water partition coefficient (Wildman–Crippen LogP) is 2.97. The predicted molar refractivity (Wildman–Crippen MR) is 64.2 cm³/mol. The number of aryl methyl sites for hydroxylation is 2. The molecular formula is C13H21NO. The first-order chi connectivity index (χ1) is 6.97. The van der Waals surface area contributed by atoms with Crippen molar-refractivity contribution in [3.63, 3.8) is 0 Å². The molecule has 0 aliphatic carbocycles. The lowest BCUT2D eigenvalue weighted by atomic mass is 9.93. The van der Waals surface area contributed by atoms with Crippen LogP contribution >= 0.6 is 0 Å². The SMILES string of the molecule is COc1cc(C)c(C)cc1C(N)C(C)C. The first-order valence-corrected chi connectivity index (χ1v) is 5.38. The molecule has 0 saturated carbocycles. The standard InChI is InChI=1S/C13H21NO/c1-8(2)13(14)11-6-9(3)10(4)7-12(11)15-5/h6-8,13H,14H2,1-5H3. The molecule has 1 aromatic carbocycles. The summed E-state index contributed by atoms with van der Waals surface area (Å²) in [4.78, 5) is 0. The van der Waals surface area contributed by atoms with Crippen LogP contribution in [0.15, 0.2) is 12.1 Å². The van der Waals surface area contributed by atoms with Crippen LogP contribution in [0.1, 0.15) is 36.6 Å². The van der Waals surface area contributed by atoms with Gasteiger partial charge in [0.15, 0.2) is 0 Å². The maximum atomic E-state index is 6.15. The Balaban J connectivity index is 3.21. The van der Waals surface area contributed by atoms with Gasteiger partial charge >= 0.3 is 0 Å². The van der Waals surface area contributed by atoms with Gasteiger partial charge in [0.1, 0.15) is 5.75 Å². The second kappa shape index (κ2) is 4.67. The minimum absolute atomic E-state index is 0.0410. The van der Waals surface area contributed by atoms with Crippen LogP contribution in [0.5, 0.6) is 5.75 Å². The molecule has 84 valence electrons. The number of hydrogen-bond acceptors (Lipinski definition) is 2. The van der Waals surface area contributed by atoms with Crippen molar-refractivity contribution in [1.82, 2.24) is 0 Å². The number of nitrogens with two attached hydrogens (primary N) is 1. The quantitative estimate of drug-likeness (QED) is 0.827. The molecule has 1 rings (SSSR count). The minimum atomic E-state index is 0.0410. The second-order valence-corrected chi connectivity index (χ2v) is 4.45. The highest BCUT2D eigenvalue weighted by Gasteiger charge is 2.16. The third kappa shape index (κ3) is 2.51. The average molecular weight is 207 g/mol. The van der Waals surface area contributed by atoms with Gasteiger partial charge in [-0.2, -0.15) is 0 Å². The molecule has 2 nitrogen and oxygen atoms in total. The van der Waals surface area contributed by atoms with Crippen molar-refractivity contribution in [3.05, 3.63) is 28.8 Å². The molecule has 0 heterocycles. The van der Waals surface area contributed by atoms with Crippen LogP contribution in [-0.2, 0) is 0 Å². The lowest BCUT2D eigenvalue weighted by molar-refractivity contribution is 0.396. The maximum absolute atomic E-state index is 6.15. The summed E-state index contributed by atoms with van der Waals surface area (Å²) >= 11 is 0. The first-order valence-electron chi connectivity index (χ1n) is 5.38. The summed E-state index contributed by atoms with van der Waals surface area (Å²) in [6.07, 6.45) is 0. The normalized spacial score (nSPS) is 13.0. The average Bonchev–Trinajstić information content (AvgIpc) is 2.20. The van der Waals surface area contributed by atoms with E-state index in [1.807, 2.05) is 0 Å². The lowest BCUT2D eigenvalue weighted by Gasteiger charge is -2.20. The summed E-state index contributed by atoms with van der Waals surface area (Å²) in [7, 11) is 1.70. The Morgan fingerprint density at radius 2 is 1.67 bits per heavy atom. The van der Waals surface area contributed by atoms with E-state index in [9.17, 15) is 0 Å². The van der Waals surface area contributed by atoms with Crippen LogP contribution in [0.3, 0.4) is 0 Å². The van der Waals surface area contributed by atoms with Crippen molar-refractivity contribution in [2.24, 2.45) is 11.7 Å². The highest BCUT2D eigenvalue weighted by Crippen LogP contribution is 2.30. The molecular weight excluding hydrogens is 186 g/mol. The summed E-state index contributed by atoms with van der Waals surface area (Å²) in [5, 5.41) is 0. The topological polar surface area (TPSA) is 35.2 Å². The van der Waals surface area contributed by atoms with Crippen LogP contribution in [-0.4, -0.2) is 7.11 Å². The third-order valence-electron chi connectivity index (χ3n) is 2.92. The number of rotatable bonds is 3. The monoisotopic (exact) mass is 207 g/mol. The highest BCUT2D eigenvalue weighted by atomic mass is 16.5. The van der Waals surface area contributed by atoms with Gasteiger partial charge in [0, 0.05) is 11.6 Å². The van der Waals surface area contributed by atoms with Crippen molar-refractivity contribution < 1.29 is 4.74 Å². The van der Waals surface area contributed by atoms with Gasteiger partial charge in [-0.15, -0.1) is 0 Å². The molecule has 0 aliphatic rings. The highest BCUT2D eigenvalue weighted by molar-refractivity contribution is 5.43. The smallest absolute Gasteiger partial charge is 0.123 e. The van der Waals surface area contributed by atoms with Crippen LogP contribution in [0.2, 0.25) is 0 Å². The van der Waals surface area contributed by atoms with Crippen LogP contribution in [0, 0.1) is 19.8 Å². The van der Waals surface area contributed by atoms with E-state index >= 15 is 0 Å². The van der Waals surface area contributed by atoms with Crippen molar-refractivity contribution in [1.29, 1.82) is 0 Å². The van der Waals surface area contributed by atoms with Gasteiger partial charge in [0.05, 0.1) is 7.11 Å². The van der Waals surface area contributed by atoms with Gasteiger partial charge in [0.25, 0.3) is 0 Å². The molecule has 0 saturated heterocycles. The molecule has 2 heteroatoms. The van der Waals surface area contributed by atoms with Gasteiger partial charge in [-0.05, 0) is 37.0 Å². The molecule has 1 atom stereocenters. The van der Waals surface area contributed by atoms with Gasteiger partial charge in [0.2, 0.25) is 0 Å². The zero-order valence-corrected chi connectivity index (χ0v) is 10.3. The molecule has 0 radical (unpaired) electrons. The van der Waals surface area contributed by atoms with Crippen molar-refractivity contribution >= 4 is 0 Å². The minimum Gasteiger partial charge on any atom is -0.496 e. The largest absolute Gasteiger partial charge is 0.496 e. The molecule has 0 aromatic heterocycles. The van der Waals surface area contributed by atoms with E-state index in [0.29, 0.717) is 5.92 Å². The van der Waals surface area contributed by atoms with Gasteiger partial charge in [-0.1, -0.05) is 19.9 Å². The third-order valence-corrected chi connectivity index (χ3v) is 2.92. The molecule has 0 spiro atoms. The summed E-state index contributed by atoms with van der Waals surface area (Å²) in [6.45, 7) is 8.44. The Labute approximate surface area is 92.4 Å². The molecule has 0 fully saturated rings. The maximum Gasteiger partial charge on any atom is 0.123 e. The number of hydrogen-bond donors (Lipinski definition) is 1. The van der Waals surface area contributed by atoms with Crippen LogP contribution < -0.4 is 10.5 Å². The van der Waals surface area contributed by atoms with E-state index in [0.717, 1.165) is 11.3 Å². The van der Waals surface area contributed by atoms with E-state index < -0.39 is 0 Å². The molecule has 0 amide bonds. The molecule has 15 heavy (non-hydrogen) atoms. The number of methoxy groups -OCH3 is 1. The van der Waals surface area contributed by atoms with E-state index in [1.54, 1.807) is 7.11 Å². The number of ether oxygens (including phenoxy) is 1. The Bertz CT molecular complexity index is 345.